The van der Waals surface area contributed by atoms with E-state index in [0.29, 0.717) is 5.75 Å². The first-order valence-corrected chi connectivity index (χ1v) is 8.40. The van der Waals surface area contributed by atoms with Gasteiger partial charge in [-0.15, -0.1) is 0 Å². The summed E-state index contributed by atoms with van der Waals surface area (Å²) in [6.07, 6.45) is -2.81. The number of halogens is 4. The minimum absolute atomic E-state index is 0.0361. The van der Waals surface area contributed by atoms with Crippen LogP contribution in [0.5, 0.6) is 11.5 Å². The third-order valence-corrected chi connectivity index (χ3v) is 4.26. The monoisotopic (exact) mass is 384 g/mol. The Morgan fingerprint density at radius 3 is 2.46 bits per heavy atom. The van der Waals surface area contributed by atoms with Crippen LogP contribution in [0.3, 0.4) is 0 Å². The molecule has 2 rings (SSSR count). The number of ether oxygens (including phenoxy) is 1. The fourth-order valence-corrected chi connectivity index (χ4v) is 2.46. The van der Waals surface area contributed by atoms with Crippen molar-refractivity contribution in [2.24, 2.45) is 4.99 Å². The number of hydrogen-bond acceptors (Lipinski definition) is 2. The summed E-state index contributed by atoms with van der Waals surface area (Å²) < 4.78 is 44.6. The Hall–Kier alpha value is -2.21. The van der Waals surface area contributed by atoms with Gasteiger partial charge in [0.1, 0.15) is 11.5 Å². The van der Waals surface area contributed by atoms with Crippen molar-refractivity contribution in [1.82, 2.24) is 4.90 Å². The van der Waals surface area contributed by atoms with E-state index < -0.39 is 16.8 Å². The van der Waals surface area contributed by atoms with Crippen molar-refractivity contribution < 1.29 is 17.9 Å². The van der Waals surface area contributed by atoms with Gasteiger partial charge in [-0.2, -0.15) is 13.2 Å². The summed E-state index contributed by atoms with van der Waals surface area (Å²) in [6, 6.07) is 7.17. The number of rotatable bonds is 5. The molecule has 0 saturated heterocycles. The van der Waals surface area contributed by atoms with E-state index >= 15 is 0 Å². The Balaban J connectivity index is 2.34. The van der Waals surface area contributed by atoms with Crippen LogP contribution in [-0.4, -0.2) is 24.8 Å². The summed E-state index contributed by atoms with van der Waals surface area (Å²) in [5.74, 6) is 0.400. The molecule has 0 aliphatic carbocycles. The maximum atomic E-state index is 13.0. The second-order valence-corrected chi connectivity index (χ2v) is 6.32. The molecule has 0 bridgehead atoms. The molecule has 26 heavy (non-hydrogen) atoms. The van der Waals surface area contributed by atoms with E-state index in [1.54, 1.807) is 19.3 Å². The summed E-state index contributed by atoms with van der Waals surface area (Å²) >= 11 is 5.89. The number of benzene rings is 2. The maximum absolute atomic E-state index is 13.0. The summed E-state index contributed by atoms with van der Waals surface area (Å²) in [6.45, 7) is 6.51. The van der Waals surface area contributed by atoms with E-state index in [-0.39, 0.29) is 5.75 Å². The maximum Gasteiger partial charge on any atom is 0.417 e. The standard InChI is InChI=1S/C19H20ClF3N2O/c1-5-25(4)11-24-15-9-13(3)17(10-12(15)2)26-16-8-6-7-14(18(16)20)19(21,22)23/h6-11H,5H2,1-4H3. The van der Waals surface area contributed by atoms with Crippen LogP contribution in [0, 0.1) is 13.8 Å². The number of alkyl halides is 3. The van der Waals surface area contributed by atoms with Gasteiger partial charge in [0, 0.05) is 13.6 Å². The van der Waals surface area contributed by atoms with Gasteiger partial charge in [-0.25, -0.2) is 4.99 Å². The first-order chi connectivity index (χ1) is 12.1. The van der Waals surface area contributed by atoms with Gasteiger partial charge in [-0.05, 0) is 56.2 Å². The third-order valence-electron chi connectivity index (χ3n) is 3.87. The molecule has 7 heteroatoms. The van der Waals surface area contributed by atoms with Crippen molar-refractivity contribution in [3.05, 3.63) is 52.0 Å². The van der Waals surface area contributed by atoms with Crippen LogP contribution >= 0.6 is 11.6 Å². The Kier molecular flexibility index (Phi) is 6.18. The van der Waals surface area contributed by atoms with Crippen LogP contribution in [0.4, 0.5) is 18.9 Å². The molecule has 0 heterocycles. The van der Waals surface area contributed by atoms with E-state index in [9.17, 15) is 13.2 Å². The Morgan fingerprint density at radius 1 is 1.15 bits per heavy atom. The van der Waals surface area contributed by atoms with Gasteiger partial charge in [0.2, 0.25) is 0 Å². The topological polar surface area (TPSA) is 24.8 Å². The molecule has 140 valence electrons. The van der Waals surface area contributed by atoms with Crippen LogP contribution in [0.1, 0.15) is 23.6 Å². The molecule has 0 fully saturated rings. The predicted molar refractivity (Wildman–Crippen MR) is 98.9 cm³/mol. The predicted octanol–water partition coefficient (Wildman–Crippen LogP) is 6.38. The zero-order chi connectivity index (χ0) is 19.5. The molecule has 0 unspecified atom stereocenters. The quantitative estimate of drug-likeness (QED) is 0.441. The first kappa shape index (κ1) is 20.1. The second kappa shape index (κ2) is 7.99. The molecule has 3 nitrogen and oxygen atoms in total. The molecule has 0 saturated carbocycles. The molecule has 0 spiro atoms. The Labute approximate surface area is 156 Å². The minimum Gasteiger partial charge on any atom is -0.456 e. The highest BCUT2D eigenvalue weighted by Crippen LogP contribution is 2.41. The largest absolute Gasteiger partial charge is 0.456 e. The summed E-state index contributed by atoms with van der Waals surface area (Å²) in [7, 11) is 1.92. The lowest BCUT2D eigenvalue weighted by Crippen LogP contribution is -2.14. The molecule has 0 atom stereocenters. The molecular weight excluding hydrogens is 365 g/mol. The molecule has 2 aromatic rings. The molecule has 0 amide bonds. The third kappa shape index (κ3) is 4.69. The molecule has 0 aromatic heterocycles. The molecule has 0 aliphatic rings. The minimum atomic E-state index is -4.54. The molecule has 0 aliphatic heterocycles. The van der Waals surface area contributed by atoms with Crippen molar-refractivity contribution in [3.8, 4) is 11.5 Å². The zero-order valence-corrected chi connectivity index (χ0v) is 15.7. The second-order valence-electron chi connectivity index (χ2n) is 5.94. The van der Waals surface area contributed by atoms with E-state index in [4.69, 9.17) is 16.3 Å². The van der Waals surface area contributed by atoms with E-state index in [2.05, 4.69) is 4.99 Å². The zero-order valence-electron chi connectivity index (χ0n) is 15.0. The Morgan fingerprint density at radius 2 is 1.85 bits per heavy atom. The average Bonchev–Trinajstić information content (AvgIpc) is 2.56. The van der Waals surface area contributed by atoms with Crippen molar-refractivity contribution >= 4 is 23.6 Å². The van der Waals surface area contributed by atoms with Gasteiger partial charge in [0.05, 0.1) is 22.6 Å². The SMILES string of the molecule is CCN(C)C=Nc1cc(C)c(Oc2cccc(C(F)(F)F)c2Cl)cc1C. The highest BCUT2D eigenvalue weighted by molar-refractivity contribution is 6.32. The normalized spacial score (nSPS) is 11.8. The van der Waals surface area contributed by atoms with Crippen LogP contribution in [0.25, 0.3) is 0 Å². The van der Waals surface area contributed by atoms with Crippen LogP contribution in [0.2, 0.25) is 5.02 Å². The van der Waals surface area contributed by atoms with Crippen molar-refractivity contribution in [1.29, 1.82) is 0 Å². The molecule has 0 radical (unpaired) electrons. The van der Waals surface area contributed by atoms with E-state index in [1.807, 2.05) is 31.9 Å². The van der Waals surface area contributed by atoms with Gasteiger partial charge < -0.3 is 9.64 Å². The summed E-state index contributed by atoms with van der Waals surface area (Å²) in [5, 5.41) is -0.455. The van der Waals surface area contributed by atoms with Gasteiger partial charge in [-0.3, -0.25) is 0 Å². The van der Waals surface area contributed by atoms with Crippen LogP contribution < -0.4 is 4.74 Å². The number of nitrogens with zero attached hydrogens (tertiary/aromatic N) is 2. The van der Waals surface area contributed by atoms with Crippen molar-refractivity contribution in [3.63, 3.8) is 0 Å². The van der Waals surface area contributed by atoms with Crippen molar-refractivity contribution in [2.45, 2.75) is 26.9 Å². The van der Waals surface area contributed by atoms with Gasteiger partial charge in [-0.1, -0.05) is 17.7 Å². The summed E-state index contributed by atoms with van der Waals surface area (Å²) in [4.78, 5) is 6.35. The summed E-state index contributed by atoms with van der Waals surface area (Å²) in [5.41, 5.74) is 1.44. The van der Waals surface area contributed by atoms with E-state index in [0.717, 1.165) is 29.4 Å². The van der Waals surface area contributed by atoms with Crippen molar-refractivity contribution in [2.75, 3.05) is 13.6 Å². The molecular formula is C19H20ClF3N2O. The number of aliphatic imine (C=N–C) groups is 1. The van der Waals surface area contributed by atoms with Crippen LogP contribution in [-0.2, 0) is 6.18 Å². The van der Waals surface area contributed by atoms with Gasteiger partial charge in [0.25, 0.3) is 0 Å². The lowest BCUT2D eigenvalue weighted by molar-refractivity contribution is -0.137. The van der Waals surface area contributed by atoms with E-state index in [1.165, 1.54) is 12.1 Å². The fraction of sp³-hybridized carbons (Fsp3) is 0.316. The van der Waals surface area contributed by atoms with Gasteiger partial charge in [0.15, 0.2) is 0 Å². The smallest absolute Gasteiger partial charge is 0.417 e. The van der Waals surface area contributed by atoms with Crippen LogP contribution in [0.15, 0.2) is 35.3 Å². The first-order valence-electron chi connectivity index (χ1n) is 8.02. The Bertz CT molecular complexity index is 819. The molecule has 2 aromatic carbocycles. The van der Waals surface area contributed by atoms with Gasteiger partial charge >= 0.3 is 6.18 Å². The number of aryl methyl sites for hydroxylation is 2. The highest BCUT2D eigenvalue weighted by atomic mass is 35.5. The number of hydrogen-bond donors (Lipinski definition) is 0. The fourth-order valence-electron chi connectivity index (χ4n) is 2.19. The lowest BCUT2D eigenvalue weighted by atomic mass is 10.1. The molecule has 0 N–H and O–H groups in total. The lowest BCUT2D eigenvalue weighted by Gasteiger charge is -2.15. The average molecular weight is 385 g/mol. The highest BCUT2D eigenvalue weighted by Gasteiger charge is 2.34.